The second-order valence-electron chi connectivity index (χ2n) is 5.85. The van der Waals surface area contributed by atoms with Gasteiger partial charge in [0.1, 0.15) is 0 Å². The molecule has 0 saturated carbocycles. The average Bonchev–Trinajstić information content (AvgIpc) is 2.90. The van der Waals surface area contributed by atoms with Crippen LogP contribution in [-0.2, 0) is 0 Å². The summed E-state index contributed by atoms with van der Waals surface area (Å²) in [5, 5.41) is 7.95. The van der Waals surface area contributed by atoms with Crippen molar-refractivity contribution in [2.45, 2.75) is 32.4 Å². The van der Waals surface area contributed by atoms with E-state index in [4.69, 9.17) is 9.47 Å². The van der Waals surface area contributed by atoms with Gasteiger partial charge in [-0.15, -0.1) is 0 Å². The lowest BCUT2D eigenvalue weighted by Gasteiger charge is -2.26. The molecule has 21 heavy (non-hydrogen) atoms. The van der Waals surface area contributed by atoms with Gasteiger partial charge in [0, 0.05) is 31.1 Å². The lowest BCUT2D eigenvalue weighted by molar-refractivity contribution is 0.229. The summed E-state index contributed by atoms with van der Waals surface area (Å²) >= 11 is 0. The van der Waals surface area contributed by atoms with Gasteiger partial charge in [-0.05, 0) is 31.5 Å². The molecule has 1 fully saturated rings. The Kier molecular flexibility index (Phi) is 4.01. The van der Waals surface area contributed by atoms with E-state index < -0.39 is 0 Å². The lowest BCUT2D eigenvalue weighted by Crippen LogP contribution is -2.38. The maximum atomic E-state index is 5.87. The second kappa shape index (κ2) is 5.93. The van der Waals surface area contributed by atoms with E-state index in [1.165, 1.54) is 11.3 Å². The maximum Gasteiger partial charge on any atom is 0.161 e. The van der Waals surface area contributed by atoms with E-state index in [0.717, 1.165) is 31.0 Å². The minimum absolute atomic E-state index is 0.119. The molecule has 0 spiro atoms. The van der Waals surface area contributed by atoms with Gasteiger partial charge in [-0.2, -0.15) is 5.10 Å². The third-order valence-electron chi connectivity index (χ3n) is 4.01. The number of hydrazone groups is 1. The van der Waals surface area contributed by atoms with Crippen molar-refractivity contribution in [3.8, 4) is 11.5 Å². The van der Waals surface area contributed by atoms with Crippen LogP contribution >= 0.6 is 0 Å². The highest BCUT2D eigenvalue weighted by Gasteiger charge is 2.34. The van der Waals surface area contributed by atoms with Crippen LogP contribution in [0.4, 0.5) is 0 Å². The molecular formula is C16H23N3O2. The number of nitrogens with zero attached hydrogens (tertiary/aromatic N) is 1. The SMILES string of the molecule is COc1ccc(C2NN=C3CCNCC32)cc1OC(C)C. The van der Waals surface area contributed by atoms with Crippen LogP contribution < -0.4 is 20.2 Å². The summed E-state index contributed by atoms with van der Waals surface area (Å²) in [7, 11) is 1.67. The molecule has 5 heteroatoms. The van der Waals surface area contributed by atoms with Gasteiger partial charge in [0.05, 0.1) is 19.3 Å². The van der Waals surface area contributed by atoms with E-state index in [0.29, 0.717) is 5.92 Å². The second-order valence-corrected chi connectivity index (χ2v) is 5.85. The summed E-state index contributed by atoms with van der Waals surface area (Å²) in [5.41, 5.74) is 5.76. The van der Waals surface area contributed by atoms with Crippen LogP contribution in [0, 0.1) is 5.92 Å². The zero-order valence-electron chi connectivity index (χ0n) is 12.8. The number of ether oxygens (including phenoxy) is 2. The number of hydrogen-bond donors (Lipinski definition) is 2. The molecule has 2 unspecified atom stereocenters. The summed E-state index contributed by atoms with van der Waals surface area (Å²) in [4.78, 5) is 0. The molecule has 0 bridgehead atoms. The van der Waals surface area contributed by atoms with Crippen molar-refractivity contribution in [3.63, 3.8) is 0 Å². The quantitative estimate of drug-likeness (QED) is 0.891. The largest absolute Gasteiger partial charge is 0.493 e. The first-order chi connectivity index (χ1) is 10.2. The van der Waals surface area contributed by atoms with E-state index >= 15 is 0 Å². The molecule has 2 aliphatic rings. The summed E-state index contributed by atoms with van der Waals surface area (Å²) < 4.78 is 11.3. The molecule has 2 aliphatic heterocycles. The van der Waals surface area contributed by atoms with Gasteiger partial charge in [0.2, 0.25) is 0 Å². The van der Waals surface area contributed by atoms with Crippen LogP contribution in [0.2, 0.25) is 0 Å². The van der Waals surface area contributed by atoms with Crippen molar-refractivity contribution in [3.05, 3.63) is 23.8 Å². The Morgan fingerprint density at radius 3 is 2.90 bits per heavy atom. The molecule has 0 amide bonds. The van der Waals surface area contributed by atoms with Crippen LogP contribution in [0.25, 0.3) is 0 Å². The van der Waals surface area contributed by atoms with Gasteiger partial charge in [-0.1, -0.05) is 6.07 Å². The van der Waals surface area contributed by atoms with Crippen molar-refractivity contribution < 1.29 is 9.47 Å². The summed E-state index contributed by atoms with van der Waals surface area (Å²) in [6.45, 7) is 6.04. The van der Waals surface area contributed by atoms with Crippen molar-refractivity contribution in [2.75, 3.05) is 20.2 Å². The van der Waals surface area contributed by atoms with Crippen molar-refractivity contribution in [1.82, 2.24) is 10.7 Å². The van der Waals surface area contributed by atoms with E-state index in [9.17, 15) is 0 Å². The summed E-state index contributed by atoms with van der Waals surface area (Å²) in [6, 6.07) is 6.36. The number of benzene rings is 1. The van der Waals surface area contributed by atoms with Crippen LogP contribution in [-0.4, -0.2) is 32.0 Å². The predicted molar refractivity (Wildman–Crippen MR) is 83.0 cm³/mol. The smallest absolute Gasteiger partial charge is 0.161 e. The Morgan fingerprint density at radius 1 is 1.29 bits per heavy atom. The summed E-state index contributed by atoms with van der Waals surface area (Å²) in [5.74, 6) is 2.00. The van der Waals surface area contributed by atoms with Crippen molar-refractivity contribution >= 4 is 5.71 Å². The van der Waals surface area contributed by atoms with Crippen molar-refractivity contribution in [2.24, 2.45) is 11.0 Å². The Bertz CT molecular complexity index is 542. The van der Waals surface area contributed by atoms with Gasteiger partial charge >= 0.3 is 0 Å². The lowest BCUT2D eigenvalue weighted by atomic mass is 9.87. The molecule has 0 radical (unpaired) electrons. The van der Waals surface area contributed by atoms with E-state index in [1.54, 1.807) is 7.11 Å². The minimum atomic E-state index is 0.119. The number of fused-ring (bicyclic) bond motifs is 1. The maximum absolute atomic E-state index is 5.87. The van der Waals surface area contributed by atoms with Crippen LogP contribution in [0.3, 0.4) is 0 Å². The Hall–Kier alpha value is -1.75. The first-order valence-corrected chi connectivity index (χ1v) is 7.56. The minimum Gasteiger partial charge on any atom is -0.493 e. The third kappa shape index (κ3) is 2.83. The fraction of sp³-hybridized carbons (Fsp3) is 0.562. The van der Waals surface area contributed by atoms with Gasteiger partial charge in [0.15, 0.2) is 11.5 Å². The molecule has 1 aromatic rings. The van der Waals surface area contributed by atoms with Gasteiger partial charge < -0.3 is 20.2 Å². The number of methoxy groups -OCH3 is 1. The van der Waals surface area contributed by atoms with Gasteiger partial charge in [-0.3, -0.25) is 0 Å². The normalized spacial score (nSPS) is 24.3. The van der Waals surface area contributed by atoms with Crippen LogP contribution in [0.5, 0.6) is 11.5 Å². The number of piperidine rings is 1. The molecule has 0 aromatic heterocycles. The molecule has 1 aromatic carbocycles. The fourth-order valence-electron chi connectivity index (χ4n) is 3.01. The molecule has 0 aliphatic carbocycles. The zero-order chi connectivity index (χ0) is 14.8. The zero-order valence-corrected chi connectivity index (χ0v) is 12.8. The molecule has 2 atom stereocenters. The van der Waals surface area contributed by atoms with Crippen molar-refractivity contribution in [1.29, 1.82) is 0 Å². The molecule has 1 saturated heterocycles. The summed E-state index contributed by atoms with van der Waals surface area (Å²) in [6.07, 6.45) is 1.15. The van der Waals surface area contributed by atoms with Crippen LogP contribution in [0.1, 0.15) is 31.9 Å². The topological polar surface area (TPSA) is 54.9 Å². The predicted octanol–water partition coefficient (Wildman–Crippen LogP) is 2.09. The van der Waals surface area contributed by atoms with E-state index in [-0.39, 0.29) is 12.1 Å². The van der Waals surface area contributed by atoms with E-state index in [1.807, 2.05) is 19.9 Å². The third-order valence-corrected chi connectivity index (χ3v) is 4.01. The molecule has 114 valence electrons. The highest BCUT2D eigenvalue weighted by Crippen LogP contribution is 2.36. The standard InChI is InChI=1S/C16H23N3O2/c1-10(2)21-15-8-11(4-5-14(15)20-3)16-12-9-17-7-6-13(12)18-19-16/h4-5,8,10,12,16-17,19H,6-7,9H2,1-3H3. The first-order valence-electron chi connectivity index (χ1n) is 7.56. The number of rotatable bonds is 4. The number of nitrogens with one attached hydrogen (secondary N) is 2. The monoisotopic (exact) mass is 289 g/mol. The molecular weight excluding hydrogens is 266 g/mol. The highest BCUT2D eigenvalue weighted by molar-refractivity contribution is 5.89. The molecule has 2 heterocycles. The average molecular weight is 289 g/mol. The number of hydrogen-bond acceptors (Lipinski definition) is 5. The van der Waals surface area contributed by atoms with Gasteiger partial charge in [-0.25, -0.2) is 0 Å². The Labute approximate surface area is 125 Å². The highest BCUT2D eigenvalue weighted by atomic mass is 16.5. The Balaban J connectivity index is 1.85. The molecule has 5 nitrogen and oxygen atoms in total. The van der Waals surface area contributed by atoms with E-state index in [2.05, 4.69) is 28.0 Å². The molecule has 3 rings (SSSR count). The molecule has 2 N–H and O–H groups in total. The van der Waals surface area contributed by atoms with Gasteiger partial charge in [0.25, 0.3) is 0 Å². The fourth-order valence-corrected chi connectivity index (χ4v) is 3.01. The Morgan fingerprint density at radius 2 is 2.14 bits per heavy atom. The van der Waals surface area contributed by atoms with Crippen LogP contribution in [0.15, 0.2) is 23.3 Å². The first kappa shape index (κ1) is 14.2.